The summed E-state index contributed by atoms with van der Waals surface area (Å²) in [6, 6.07) is 8.02. The van der Waals surface area contributed by atoms with Crippen molar-refractivity contribution in [3.63, 3.8) is 0 Å². The smallest absolute Gasteiger partial charge is 0.307 e. The predicted octanol–water partition coefficient (Wildman–Crippen LogP) is 2.08. The second-order valence-electron chi connectivity index (χ2n) is 4.36. The molecule has 1 aromatic carbocycles. The Bertz CT molecular complexity index is 392. The summed E-state index contributed by atoms with van der Waals surface area (Å²) in [5.74, 6) is 0.684. The second-order valence-corrected chi connectivity index (χ2v) is 4.36. The van der Waals surface area contributed by atoms with Gasteiger partial charge in [-0.05, 0) is 20.0 Å². The Kier molecular flexibility index (Phi) is 5.65. The first kappa shape index (κ1) is 14.5. The Hall–Kier alpha value is -1.55. The fourth-order valence-corrected chi connectivity index (χ4v) is 1.74. The number of esters is 1. The number of carbonyl (C=O) groups excluding carboxylic acids is 1. The zero-order valence-corrected chi connectivity index (χ0v) is 11.5. The Labute approximate surface area is 108 Å². The first-order chi connectivity index (χ1) is 8.58. The molecular weight excluding hydrogens is 230 g/mol. The third-order valence-corrected chi connectivity index (χ3v) is 3.05. The molecule has 1 rings (SSSR count). The fourth-order valence-electron chi connectivity index (χ4n) is 1.74. The number of ether oxygens (including phenoxy) is 2. The summed E-state index contributed by atoms with van der Waals surface area (Å²) in [4.78, 5) is 13.3. The summed E-state index contributed by atoms with van der Waals surface area (Å²) in [5, 5.41) is 0. The van der Waals surface area contributed by atoms with Crippen LogP contribution < -0.4 is 4.74 Å². The lowest BCUT2D eigenvalue weighted by atomic mass is 10.1. The van der Waals surface area contributed by atoms with Crippen molar-refractivity contribution in [2.75, 3.05) is 21.3 Å². The van der Waals surface area contributed by atoms with Gasteiger partial charge in [0.25, 0.3) is 0 Å². The van der Waals surface area contributed by atoms with Crippen molar-refractivity contribution >= 4 is 5.97 Å². The van der Waals surface area contributed by atoms with Crippen molar-refractivity contribution in [3.8, 4) is 5.75 Å². The van der Waals surface area contributed by atoms with Gasteiger partial charge < -0.3 is 9.47 Å². The number of carbonyl (C=O) groups is 1. The molecule has 4 nitrogen and oxygen atoms in total. The van der Waals surface area contributed by atoms with E-state index >= 15 is 0 Å². The maximum Gasteiger partial charge on any atom is 0.307 e. The lowest BCUT2D eigenvalue weighted by molar-refractivity contribution is -0.141. The van der Waals surface area contributed by atoms with E-state index in [-0.39, 0.29) is 12.0 Å². The second kappa shape index (κ2) is 7.01. The minimum atomic E-state index is -0.186. The van der Waals surface area contributed by atoms with Crippen LogP contribution in [0.5, 0.6) is 5.75 Å². The highest BCUT2D eigenvalue weighted by Gasteiger charge is 2.15. The highest BCUT2D eigenvalue weighted by Crippen LogP contribution is 2.20. The predicted molar refractivity (Wildman–Crippen MR) is 70.6 cm³/mol. The molecule has 0 saturated heterocycles. The van der Waals surface area contributed by atoms with Crippen molar-refractivity contribution < 1.29 is 14.3 Å². The third kappa shape index (κ3) is 4.04. The van der Waals surface area contributed by atoms with E-state index in [4.69, 9.17) is 4.74 Å². The molecule has 0 heterocycles. The third-order valence-electron chi connectivity index (χ3n) is 3.05. The van der Waals surface area contributed by atoms with E-state index in [1.165, 1.54) is 7.11 Å². The van der Waals surface area contributed by atoms with Crippen LogP contribution in [0, 0.1) is 0 Å². The topological polar surface area (TPSA) is 38.8 Å². The van der Waals surface area contributed by atoms with Crippen molar-refractivity contribution in [1.29, 1.82) is 0 Å². The molecule has 1 atom stereocenters. The van der Waals surface area contributed by atoms with Gasteiger partial charge in [0.05, 0.1) is 20.6 Å². The van der Waals surface area contributed by atoms with Crippen molar-refractivity contribution in [1.82, 2.24) is 4.90 Å². The van der Waals surface area contributed by atoms with Gasteiger partial charge in [-0.25, -0.2) is 0 Å². The van der Waals surface area contributed by atoms with Crippen LogP contribution in [0.1, 0.15) is 18.9 Å². The quantitative estimate of drug-likeness (QED) is 0.726. The van der Waals surface area contributed by atoms with Crippen LogP contribution in [0.3, 0.4) is 0 Å². The van der Waals surface area contributed by atoms with Gasteiger partial charge in [-0.2, -0.15) is 0 Å². The average molecular weight is 251 g/mol. The number of hydrogen-bond donors (Lipinski definition) is 0. The lowest BCUT2D eigenvalue weighted by Gasteiger charge is -2.24. The molecule has 0 amide bonds. The molecule has 1 unspecified atom stereocenters. The summed E-state index contributed by atoms with van der Waals surface area (Å²) >= 11 is 0. The van der Waals surface area contributed by atoms with E-state index in [0.717, 1.165) is 17.9 Å². The molecule has 0 aromatic heterocycles. The van der Waals surface area contributed by atoms with Crippen LogP contribution in [0.2, 0.25) is 0 Å². The van der Waals surface area contributed by atoms with E-state index < -0.39 is 0 Å². The van der Waals surface area contributed by atoms with Crippen LogP contribution >= 0.6 is 0 Å². The SMILES string of the molecule is COC(=O)CC(C)N(C)Cc1ccccc1OC. The molecule has 0 bridgehead atoms. The number of para-hydroxylation sites is 1. The Balaban J connectivity index is 2.63. The van der Waals surface area contributed by atoms with Crippen molar-refractivity contribution in [2.45, 2.75) is 25.9 Å². The van der Waals surface area contributed by atoms with Crippen LogP contribution in [0.25, 0.3) is 0 Å². The Morgan fingerprint density at radius 3 is 2.61 bits per heavy atom. The van der Waals surface area contributed by atoms with Gasteiger partial charge in [0.1, 0.15) is 5.75 Å². The maximum absolute atomic E-state index is 11.2. The zero-order chi connectivity index (χ0) is 13.5. The van der Waals surface area contributed by atoms with E-state index in [2.05, 4.69) is 9.64 Å². The van der Waals surface area contributed by atoms with E-state index in [0.29, 0.717) is 6.42 Å². The number of hydrogen-bond acceptors (Lipinski definition) is 4. The molecule has 18 heavy (non-hydrogen) atoms. The molecule has 0 aliphatic rings. The van der Waals surface area contributed by atoms with E-state index in [1.54, 1.807) is 7.11 Å². The molecule has 0 fully saturated rings. The maximum atomic E-state index is 11.2. The molecule has 0 radical (unpaired) electrons. The molecule has 0 aliphatic carbocycles. The average Bonchev–Trinajstić information content (AvgIpc) is 2.39. The van der Waals surface area contributed by atoms with Crippen LogP contribution in [-0.2, 0) is 16.1 Å². The van der Waals surface area contributed by atoms with Crippen LogP contribution in [0.4, 0.5) is 0 Å². The van der Waals surface area contributed by atoms with E-state index in [9.17, 15) is 4.79 Å². The highest BCUT2D eigenvalue weighted by molar-refractivity contribution is 5.69. The van der Waals surface area contributed by atoms with Gasteiger partial charge >= 0.3 is 5.97 Å². The standard InChI is InChI=1S/C14H21NO3/c1-11(9-14(16)18-4)15(2)10-12-7-5-6-8-13(12)17-3/h5-8,11H,9-10H2,1-4H3. The molecule has 0 saturated carbocycles. The summed E-state index contributed by atoms with van der Waals surface area (Å²) in [5.41, 5.74) is 1.11. The number of nitrogens with zero attached hydrogens (tertiary/aromatic N) is 1. The largest absolute Gasteiger partial charge is 0.496 e. The lowest BCUT2D eigenvalue weighted by Crippen LogP contribution is -2.31. The van der Waals surface area contributed by atoms with Crippen molar-refractivity contribution in [2.24, 2.45) is 0 Å². The number of rotatable bonds is 6. The molecule has 0 aliphatic heterocycles. The fraction of sp³-hybridized carbons (Fsp3) is 0.500. The van der Waals surface area contributed by atoms with Crippen LogP contribution in [-0.4, -0.2) is 38.2 Å². The summed E-state index contributed by atoms with van der Waals surface area (Å²) in [6.45, 7) is 2.74. The van der Waals surface area contributed by atoms with Gasteiger partial charge in [-0.3, -0.25) is 9.69 Å². The minimum Gasteiger partial charge on any atom is -0.496 e. The zero-order valence-electron chi connectivity index (χ0n) is 11.5. The molecule has 4 heteroatoms. The minimum absolute atomic E-state index is 0.127. The summed E-state index contributed by atoms with van der Waals surface area (Å²) in [7, 11) is 5.06. The molecule has 0 N–H and O–H groups in total. The Morgan fingerprint density at radius 1 is 1.33 bits per heavy atom. The van der Waals surface area contributed by atoms with Gasteiger partial charge in [0.2, 0.25) is 0 Å². The molecule has 100 valence electrons. The van der Waals surface area contributed by atoms with E-state index in [1.807, 2.05) is 38.2 Å². The Morgan fingerprint density at radius 2 is 2.00 bits per heavy atom. The van der Waals surface area contributed by atoms with Gasteiger partial charge in [0, 0.05) is 18.2 Å². The van der Waals surface area contributed by atoms with Crippen LogP contribution in [0.15, 0.2) is 24.3 Å². The first-order valence-corrected chi connectivity index (χ1v) is 5.97. The monoisotopic (exact) mass is 251 g/mol. The number of benzene rings is 1. The molecule has 1 aromatic rings. The first-order valence-electron chi connectivity index (χ1n) is 5.97. The van der Waals surface area contributed by atoms with Gasteiger partial charge in [-0.15, -0.1) is 0 Å². The molecule has 0 spiro atoms. The number of methoxy groups -OCH3 is 2. The normalized spacial score (nSPS) is 12.3. The summed E-state index contributed by atoms with van der Waals surface area (Å²) in [6.07, 6.45) is 0.391. The van der Waals surface area contributed by atoms with Gasteiger partial charge in [-0.1, -0.05) is 18.2 Å². The van der Waals surface area contributed by atoms with Crippen molar-refractivity contribution in [3.05, 3.63) is 29.8 Å². The molecular formula is C14H21NO3. The highest BCUT2D eigenvalue weighted by atomic mass is 16.5. The van der Waals surface area contributed by atoms with Gasteiger partial charge in [0.15, 0.2) is 0 Å². The summed E-state index contributed by atoms with van der Waals surface area (Å²) < 4.78 is 9.99.